The van der Waals surface area contributed by atoms with Gasteiger partial charge >= 0.3 is 17.1 Å². The van der Waals surface area contributed by atoms with Crippen molar-refractivity contribution < 1.29 is 36.1 Å². The van der Waals surface area contributed by atoms with E-state index in [1.54, 1.807) is 0 Å². The maximum Gasteiger partial charge on any atom is 0.311 e. The second-order valence-electron chi connectivity index (χ2n) is 14.9. The molecule has 0 radical (unpaired) electrons. The Kier molecular flexibility index (Phi) is 16.6. The Bertz CT molecular complexity index is 635. The highest BCUT2D eigenvalue weighted by atomic mass is 28.5. The smallest absolute Gasteiger partial charge is 0.311 e. The molecule has 39 heavy (non-hydrogen) atoms. The molecule has 8 nitrogen and oxygen atoms in total. The monoisotopic (exact) mass is 660 g/mol. The number of unbranched alkanes of at least 4 members (excludes halogenated alkanes) is 1. The van der Waals surface area contributed by atoms with E-state index in [2.05, 4.69) is 91.7 Å². The standard InChI is InChI=1S/C25H64O8Si6/c1-34(2,3)30-38(11,12)32-36(7,8)20-16-15-19-29-25(22-26,23-27)24-28-18-17-21-37(9,10)33-39(13,14)31-35(4,5)6/h26-27H,15-24H2,1-14H3. The minimum absolute atomic E-state index is 0.166. The zero-order valence-corrected chi connectivity index (χ0v) is 33.9. The average molecular weight is 661 g/mol. The van der Waals surface area contributed by atoms with Crippen molar-refractivity contribution in [2.24, 2.45) is 0 Å². The van der Waals surface area contributed by atoms with E-state index < -0.39 is 56.0 Å². The van der Waals surface area contributed by atoms with E-state index in [1.807, 2.05) is 0 Å². The topological polar surface area (TPSA) is 95.8 Å². The molecule has 0 saturated heterocycles. The van der Waals surface area contributed by atoms with E-state index in [0.29, 0.717) is 13.2 Å². The Labute approximate surface area is 247 Å². The molecular formula is C25H64O8Si6. The second-order valence-corrected chi connectivity index (χ2v) is 40.3. The van der Waals surface area contributed by atoms with E-state index >= 15 is 0 Å². The van der Waals surface area contributed by atoms with Crippen molar-refractivity contribution in [1.29, 1.82) is 0 Å². The molecule has 0 aromatic rings. The van der Waals surface area contributed by atoms with Crippen molar-refractivity contribution in [1.82, 2.24) is 0 Å². The first-order chi connectivity index (χ1) is 17.4. The van der Waals surface area contributed by atoms with Crippen LogP contribution < -0.4 is 0 Å². The highest BCUT2D eigenvalue weighted by molar-refractivity contribution is 6.88. The van der Waals surface area contributed by atoms with Crippen molar-refractivity contribution in [3.05, 3.63) is 0 Å². The Hall–Kier alpha value is 0.981. The summed E-state index contributed by atoms with van der Waals surface area (Å²) in [6.45, 7) is 31.4. The Balaban J connectivity index is 4.52. The summed E-state index contributed by atoms with van der Waals surface area (Å²) in [4.78, 5) is 0. The summed E-state index contributed by atoms with van der Waals surface area (Å²) in [6.07, 6.45) is 2.68. The molecule has 0 aromatic carbocycles. The summed E-state index contributed by atoms with van der Waals surface area (Å²) < 4.78 is 37.7. The first kappa shape index (κ1) is 40.0. The van der Waals surface area contributed by atoms with E-state index in [9.17, 15) is 10.2 Å². The third-order valence-corrected chi connectivity index (χ3v) is 26.0. The van der Waals surface area contributed by atoms with Gasteiger partial charge in [-0.1, -0.05) is 6.42 Å². The molecule has 0 aliphatic carbocycles. The first-order valence-corrected chi connectivity index (χ1v) is 33.3. The predicted molar refractivity (Wildman–Crippen MR) is 178 cm³/mol. The predicted octanol–water partition coefficient (Wildman–Crippen LogP) is 6.46. The summed E-state index contributed by atoms with van der Waals surface area (Å²) in [5.41, 5.74) is -1.08. The van der Waals surface area contributed by atoms with Gasteiger partial charge in [-0.2, -0.15) is 0 Å². The lowest BCUT2D eigenvalue weighted by Gasteiger charge is -2.37. The molecule has 2 N–H and O–H groups in total. The third kappa shape index (κ3) is 20.5. The lowest BCUT2D eigenvalue weighted by molar-refractivity contribution is -0.146. The average Bonchev–Trinajstić information content (AvgIpc) is 2.66. The Morgan fingerprint density at radius 1 is 0.513 bits per heavy atom. The SMILES string of the molecule is C[Si](C)(C)O[Si](C)(C)O[Si](C)(C)CCCCOC(CO)(CO)COCCC[Si](C)(C)O[Si](C)(C)O[Si](C)(C)C. The number of aliphatic hydroxyl groups excluding tert-OH is 2. The van der Waals surface area contributed by atoms with Gasteiger partial charge in [0, 0.05) is 13.2 Å². The lowest BCUT2D eigenvalue weighted by atomic mass is 10.1. The van der Waals surface area contributed by atoms with Crippen molar-refractivity contribution in [2.45, 2.75) is 129 Å². The summed E-state index contributed by atoms with van der Waals surface area (Å²) >= 11 is 0. The van der Waals surface area contributed by atoms with Crippen LogP contribution >= 0.6 is 0 Å². The van der Waals surface area contributed by atoms with Gasteiger partial charge in [-0.25, -0.2) is 0 Å². The van der Waals surface area contributed by atoms with Gasteiger partial charge < -0.3 is 36.1 Å². The van der Waals surface area contributed by atoms with E-state index in [0.717, 1.165) is 31.4 Å². The van der Waals surface area contributed by atoms with Crippen LogP contribution in [0, 0.1) is 0 Å². The minimum Gasteiger partial charge on any atom is -0.437 e. The molecule has 236 valence electrons. The van der Waals surface area contributed by atoms with Gasteiger partial charge in [0.1, 0.15) is 5.60 Å². The van der Waals surface area contributed by atoms with E-state index in [4.69, 9.17) is 25.9 Å². The van der Waals surface area contributed by atoms with Gasteiger partial charge in [0.15, 0.2) is 33.3 Å². The normalized spacial score (nSPS) is 14.8. The Morgan fingerprint density at radius 2 is 0.923 bits per heavy atom. The molecule has 0 heterocycles. The Morgan fingerprint density at radius 3 is 1.31 bits per heavy atom. The maximum absolute atomic E-state index is 9.99. The number of hydrogen-bond acceptors (Lipinski definition) is 8. The molecule has 0 amide bonds. The zero-order chi connectivity index (χ0) is 30.8. The van der Waals surface area contributed by atoms with Crippen LogP contribution in [-0.4, -0.2) is 99.2 Å². The first-order valence-electron chi connectivity index (χ1n) is 14.6. The van der Waals surface area contributed by atoms with Crippen LogP contribution in [0.4, 0.5) is 0 Å². The van der Waals surface area contributed by atoms with Crippen LogP contribution in [-0.2, 0) is 25.9 Å². The molecule has 0 bridgehead atoms. The molecule has 0 aliphatic rings. The molecular weight excluding hydrogens is 597 g/mol. The highest BCUT2D eigenvalue weighted by Crippen LogP contribution is 2.26. The minimum atomic E-state index is -2.15. The van der Waals surface area contributed by atoms with Crippen LogP contribution in [0.1, 0.15) is 19.3 Å². The quantitative estimate of drug-likeness (QED) is 0.101. The van der Waals surface area contributed by atoms with Crippen LogP contribution in [0.25, 0.3) is 0 Å². The van der Waals surface area contributed by atoms with Gasteiger partial charge in [0.2, 0.25) is 0 Å². The van der Waals surface area contributed by atoms with E-state index in [1.165, 1.54) is 0 Å². The maximum atomic E-state index is 9.99. The van der Waals surface area contributed by atoms with Gasteiger partial charge in [-0.05, 0) is 117 Å². The van der Waals surface area contributed by atoms with Crippen LogP contribution in [0.5, 0.6) is 0 Å². The number of ether oxygens (including phenoxy) is 2. The third-order valence-electron chi connectivity index (χ3n) is 5.74. The van der Waals surface area contributed by atoms with Gasteiger partial charge in [0.25, 0.3) is 0 Å². The van der Waals surface area contributed by atoms with Crippen molar-refractivity contribution in [3.8, 4) is 0 Å². The number of aliphatic hydroxyl groups is 2. The molecule has 0 spiro atoms. The number of hydrogen-bond donors (Lipinski definition) is 2. The van der Waals surface area contributed by atoms with Crippen molar-refractivity contribution in [2.75, 3.05) is 33.0 Å². The summed E-state index contributed by atoms with van der Waals surface area (Å²) in [7, 11) is -11.3. The van der Waals surface area contributed by atoms with Crippen LogP contribution in [0.3, 0.4) is 0 Å². The van der Waals surface area contributed by atoms with Gasteiger partial charge in [0.05, 0.1) is 19.8 Å². The van der Waals surface area contributed by atoms with Crippen LogP contribution in [0.15, 0.2) is 0 Å². The molecule has 14 heteroatoms. The fraction of sp³-hybridized carbons (Fsp3) is 1.00. The molecule has 0 atom stereocenters. The molecule has 0 rings (SSSR count). The second kappa shape index (κ2) is 16.2. The highest BCUT2D eigenvalue weighted by Gasteiger charge is 2.39. The van der Waals surface area contributed by atoms with Gasteiger partial charge in [-0.15, -0.1) is 0 Å². The number of rotatable bonds is 22. The fourth-order valence-electron chi connectivity index (χ4n) is 5.02. The van der Waals surface area contributed by atoms with Crippen molar-refractivity contribution in [3.63, 3.8) is 0 Å². The molecule has 0 aromatic heterocycles. The lowest BCUT2D eigenvalue weighted by Crippen LogP contribution is -2.51. The molecule has 0 saturated carbocycles. The fourth-order valence-corrected chi connectivity index (χ4v) is 31.5. The molecule has 0 fully saturated rings. The summed E-state index contributed by atoms with van der Waals surface area (Å²) in [5, 5.41) is 20.0. The molecule has 0 aliphatic heterocycles. The zero-order valence-electron chi connectivity index (χ0n) is 27.9. The van der Waals surface area contributed by atoms with Crippen molar-refractivity contribution >= 4 is 50.4 Å². The largest absolute Gasteiger partial charge is 0.437 e. The van der Waals surface area contributed by atoms with Gasteiger partial charge in [-0.3, -0.25) is 0 Å². The summed E-state index contributed by atoms with van der Waals surface area (Å²) in [5.74, 6) is 0. The molecule has 0 unspecified atom stereocenters. The van der Waals surface area contributed by atoms with E-state index in [-0.39, 0.29) is 19.8 Å². The summed E-state index contributed by atoms with van der Waals surface area (Å²) in [6, 6.07) is 1.99. The van der Waals surface area contributed by atoms with Crippen LogP contribution in [0.2, 0.25) is 104 Å².